The number of carbonyl (C=O) groups is 3. The van der Waals surface area contributed by atoms with Crippen LogP contribution in [0.5, 0.6) is 0 Å². The molecule has 9 heteroatoms. The van der Waals surface area contributed by atoms with Gasteiger partial charge in [0.05, 0.1) is 16.9 Å². The molecular formula is C32H22N4O5. The number of nitro groups is 1. The molecule has 4 atom stereocenters. The molecule has 1 N–H and O–H groups in total. The monoisotopic (exact) mass is 542 g/mol. The van der Waals surface area contributed by atoms with Crippen LogP contribution in [-0.4, -0.2) is 39.5 Å². The molecule has 200 valence electrons. The normalized spacial score (nSPS) is 23.5. The molecule has 41 heavy (non-hydrogen) atoms. The molecule has 0 bridgehead atoms. The Bertz CT molecular complexity index is 1790. The summed E-state index contributed by atoms with van der Waals surface area (Å²) in [5.74, 6) is -2.25. The highest BCUT2D eigenvalue weighted by Gasteiger charge is 2.70. The van der Waals surface area contributed by atoms with E-state index >= 15 is 0 Å². The summed E-state index contributed by atoms with van der Waals surface area (Å²) in [4.78, 5) is 60.1. The highest BCUT2D eigenvalue weighted by Crippen LogP contribution is 2.58. The molecule has 3 aromatic carbocycles. The van der Waals surface area contributed by atoms with Crippen molar-refractivity contribution in [2.24, 2.45) is 5.92 Å². The van der Waals surface area contributed by atoms with E-state index in [0.717, 1.165) is 11.3 Å². The van der Waals surface area contributed by atoms with Gasteiger partial charge >= 0.3 is 0 Å². The van der Waals surface area contributed by atoms with E-state index in [1.807, 2.05) is 59.5 Å². The molecule has 4 heterocycles. The van der Waals surface area contributed by atoms with Crippen molar-refractivity contribution in [3.63, 3.8) is 0 Å². The number of ketones is 2. The highest BCUT2D eigenvalue weighted by atomic mass is 16.6. The summed E-state index contributed by atoms with van der Waals surface area (Å²) in [6, 6.07) is 21.6. The second kappa shape index (κ2) is 9.06. The molecule has 0 unspecified atom stereocenters. The number of rotatable bonds is 5. The Balaban J connectivity index is 1.51. The maximum Gasteiger partial charge on any atom is 0.269 e. The van der Waals surface area contributed by atoms with Gasteiger partial charge in [-0.25, -0.2) is 0 Å². The molecule has 9 nitrogen and oxygen atoms in total. The van der Waals surface area contributed by atoms with Crippen molar-refractivity contribution < 1.29 is 19.3 Å². The van der Waals surface area contributed by atoms with Crippen LogP contribution < -0.4 is 10.2 Å². The number of carbonyl (C=O) groups excluding carboxylic acids is 3. The lowest BCUT2D eigenvalue weighted by molar-refractivity contribution is -0.384. The minimum atomic E-state index is -1.43. The van der Waals surface area contributed by atoms with Gasteiger partial charge in [0.1, 0.15) is 11.5 Å². The van der Waals surface area contributed by atoms with E-state index in [0.29, 0.717) is 16.8 Å². The average Bonchev–Trinajstić information content (AvgIpc) is 3.49. The number of nitrogens with one attached hydrogen (secondary N) is 1. The average molecular weight is 543 g/mol. The van der Waals surface area contributed by atoms with Crippen LogP contribution in [0.3, 0.4) is 0 Å². The van der Waals surface area contributed by atoms with E-state index in [1.54, 1.807) is 18.2 Å². The number of aromatic nitrogens is 1. The Morgan fingerprint density at radius 2 is 1.56 bits per heavy atom. The Kier molecular flexibility index (Phi) is 5.43. The molecule has 7 rings (SSSR count). The number of hydrogen-bond donors (Lipinski definition) is 1. The second-order valence-corrected chi connectivity index (χ2v) is 10.3. The SMILES string of the molecule is O=C(c1ccc([N+](=O)[O-])cc1)[C@@H]1[C@H](C(=O)c2ccncc2)[C@]2(C(=O)Nc3ccccc32)[C@@H]2C=Cc3ccccc3N12. The van der Waals surface area contributed by atoms with Crippen molar-refractivity contribution in [2.75, 3.05) is 10.2 Å². The predicted molar refractivity (Wildman–Crippen MR) is 152 cm³/mol. The number of nitro benzene ring substituents is 1. The summed E-state index contributed by atoms with van der Waals surface area (Å²) in [5, 5.41) is 14.3. The van der Waals surface area contributed by atoms with Gasteiger partial charge in [-0.1, -0.05) is 48.6 Å². The first-order valence-corrected chi connectivity index (χ1v) is 13.1. The van der Waals surface area contributed by atoms with Crippen LogP contribution in [-0.2, 0) is 10.2 Å². The highest BCUT2D eigenvalue weighted by molar-refractivity contribution is 6.18. The molecule has 1 saturated heterocycles. The maximum atomic E-state index is 14.6. The lowest BCUT2D eigenvalue weighted by atomic mass is 9.64. The van der Waals surface area contributed by atoms with Gasteiger partial charge in [-0.3, -0.25) is 29.5 Å². The van der Waals surface area contributed by atoms with Crippen LogP contribution in [0.25, 0.3) is 6.08 Å². The molecule has 1 amide bonds. The van der Waals surface area contributed by atoms with Crippen molar-refractivity contribution >= 4 is 40.6 Å². The molecule has 1 fully saturated rings. The van der Waals surface area contributed by atoms with Crippen molar-refractivity contribution in [1.82, 2.24) is 4.98 Å². The summed E-state index contributed by atoms with van der Waals surface area (Å²) in [7, 11) is 0. The van der Waals surface area contributed by atoms with Crippen LogP contribution in [0.4, 0.5) is 17.1 Å². The van der Waals surface area contributed by atoms with E-state index < -0.39 is 34.1 Å². The number of non-ortho nitro benzene ring substituents is 1. The summed E-state index contributed by atoms with van der Waals surface area (Å²) in [6.07, 6.45) is 6.85. The van der Waals surface area contributed by atoms with Crippen molar-refractivity contribution in [1.29, 1.82) is 0 Å². The first-order chi connectivity index (χ1) is 19.9. The number of para-hydroxylation sites is 2. The zero-order valence-corrected chi connectivity index (χ0v) is 21.5. The van der Waals surface area contributed by atoms with E-state index in [1.165, 1.54) is 36.7 Å². The summed E-state index contributed by atoms with van der Waals surface area (Å²) in [6.45, 7) is 0. The minimum absolute atomic E-state index is 0.151. The van der Waals surface area contributed by atoms with Gasteiger partial charge in [-0.15, -0.1) is 0 Å². The van der Waals surface area contributed by atoms with Crippen LogP contribution in [0.15, 0.2) is 103 Å². The molecule has 0 radical (unpaired) electrons. The third kappa shape index (κ3) is 3.42. The van der Waals surface area contributed by atoms with E-state index in [4.69, 9.17) is 0 Å². The first kappa shape index (κ1) is 24.6. The molecular weight excluding hydrogens is 520 g/mol. The van der Waals surface area contributed by atoms with Gasteiger partial charge in [-0.2, -0.15) is 0 Å². The second-order valence-electron chi connectivity index (χ2n) is 10.3. The van der Waals surface area contributed by atoms with Crippen molar-refractivity contribution in [3.8, 4) is 0 Å². The number of benzene rings is 3. The lowest BCUT2D eigenvalue weighted by Crippen LogP contribution is -2.51. The molecule has 1 spiro atoms. The number of Topliss-reactive ketones (excluding diaryl/α,β-unsaturated/α-hetero) is 2. The third-order valence-electron chi connectivity index (χ3n) is 8.42. The Hall–Kier alpha value is -5.44. The predicted octanol–water partition coefficient (Wildman–Crippen LogP) is 4.85. The van der Waals surface area contributed by atoms with Crippen molar-refractivity contribution in [2.45, 2.75) is 17.5 Å². The molecule has 3 aliphatic heterocycles. The van der Waals surface area contributed by atoms with Gasteiger partial charge in [0.25, 0.3) is 5.69 Å². The number of anilines is 2. The third-order valence-corrected chi connectivity index (χ3v) is 8.42. The number of pyridine rings is 1. The van der Waals surface area contributed by atoms with Gasteiger partial charge in [0.15, 0.2) is 11.6 Å². The zero-order valence-electron chi connectivity index (χ0n) is 21.5. The van der Waals surface area contributed by atoms with Crippen LogP contribution in [0.2, 0.25) is 0 Å². The molecule has 4 aromatic rings. The number of amides is 1. The minimum Gasteiger partial charge on any atom is -0.352 e. The smallest absolute Gasteiger partial charge is 0.269 e. The van der Waals surface area contributed by atoms with Crippen molar-refractivity contribution in [3.05, 3.63) is 136 Å². The topological polar surface area (TPSA) is 123 Å². The van der Waals surface area contributed by atoms with Crippen LogP contribution >= 0.6 is 0 Å². The van der Waals surface area contributed by atoms with Gasteiger partial charge < -0.3 is 10.2 Å². The van der Waals surface area contributed by atoms with Gasteiger partial charge in [0.2, 0.25) is 5.91 Å². The zero-order chi connectivity index (χ0) is 28.3. The van der Waals surface area contributed by atoms with Crippen LogP contribution in [0.1, 0.15) is 31.8 Å². The van der Waals surface area contributed by atoms with E-state index in [9.17, 15) is 24.5 Å². The summed E-state index contributed by atoms with van der Waals surface area (Å²) < 4.78 is 0. The lowest BCUT2D eigenvalue weighted by Gasteiger charge is -2.37. The summed E-state index contributed by atoms with van der Waals surface area (Å²) >= 11 is 0. The molecule has 0 saturated carbocycles. The summed E-state index contributed by atoms with van der Waals surface area (Å²) in [5.41, 5.74) is 1.79. The number of nitrogens with zero attached hydrogens (tertiary/aromatic N) is 3. The Morgan fingerprint density at radius 3 is 2.32 bits per heavy atom. The fraction of sp³-hybridized carbons (Fsp3) is 0.125. The van der Waals surface area contributed by atoms with Gasteiger partial charge in [0, 0.05) is 47.0 Å². The van der Waals surface area contributed by atoms with E-state index in [-0.39, 0.29) is 22.9 Å². The number of fused-ring (bicyclic) bond motifs is 6. The van der Waals surface area contributed by atoms with E-state index in [2.05, 4.69) is 10.3 Å². The standard InChI is InChI=1S/C32H22N4O5/c37-29(21-15-17-33-18-16-21)27-28(30(38)20-9-12-22(13-10-20)36(40)41)35-25-8-4-1-5-19(25)11-14-26(35)32(27)23-6-2-3-7-24(23)34-31(32)39/h1-18,26-28H,(H,34,39)/t26-,27+,28-,32+/m0/s1. The fourth-order valence-corrected chi connectivity index (χ4v) is 6.73. The quantitative estimate of drug-likeness (QED) is 0.217. The molecule has 0 aliphatic carbocycles. The Labute approximate surface area is 234 Å². The largest absolute Gasteiger partial charge is 0.352 e. The molecule has 1 aromatic heterocycles. The van der Waals surface area contributed by atoms with Gasteiger partial charge in [-0.05, 0) is 47.5 Å². The van der Waals surface area contributed by atoms with Crippen LogP contribution in [0, 0.1) is 16.0 Å². The fourth-order valence-electron chi connectivity index (χ4n) is 6.73. The Morgan fingerprint density at radius 1 is 0.878 bits per heavy atom. The first-order valence-electron chi connectivity index (χ1n) is 13.1. The number of hydrogen-bond acceptors (Lipinski definition) is 7. The molecule has 3 aliphatic rings. The maximum absolute atomic E-state index is 14.6.